The Balaban J connectivity index is 1.60. The first-order valence-electron chi connectivity index (χ1n) is 8.59. The molecule has 1 amide bonds. The fourth-order valence-corrected chi connectivity index (χ4v) is 2.65. The first kappa shape index (κ1) is 17.7. The van der Waals surface area contributed by atoms with Gasteiger partial charge in [-0.3, -0.25) is 4.79 Å². The molecule has 0 aliphatic heterocycles. The number of amides is 1. The molecule has 0 atom stereocenters. The molecule has 0 spiro atoms. The Morgan fingerprint density at radius 1 is 1.00 bits per heavy atom. The zero-order valence-electron chi connectivity index (χ0n) is 15.0. The van der Waals surface area contributed by atoms with E-state index in [1.165, 1.54) is 0 Å². The van der Waals surface area contributed by atoms with E-state index < -0.39 is 0 Å². The van der Waals surface area contributed by atoms with Crippen LogP contribution in [-0.4, -0.2) is 10.9 Å². The van der Waals surface area contributed by atoms with Crippen molar-refractivity contribution in [3.05, 3.63) is 94.7 Å². The third-order valence-electron chi connectivity index (χ3n) is 4.33. The van der Waals surface area contributed by atoms with Crippen LogP contribution in [0.1, 0.15) is 32.6 Å². The smallest absolute Gasteiger partial charge is 0.251 e. The van der Waals surface area contributed by atoms with Crippen molar-refractivity contribution in [3.8, 4) is 5.88 Å². The third kappa shape index (κ3) is 4.48. The maximum Gasteiger partial charge on any atom is 0.251 e. The lowest BCUT2D eigenvalue weighted by Crippen LogP contribution is -2.23. The molecule has 1 heterocycles. The van der Waals surface area contributed by atoms with Gasteiger partial charge >= 0.3 is 0 Å². The standard InChI is InChI=1S/C22H22N2O2/c1-16-7-6-10-20(17(16)2)22(25)24-14-19-11-12-23-21(13-19)26-15-18-8-4-3-5-9-18/h3-13H,14-15H2,1-2H3,(H,24,25). The number of rotatable bonds is 6. The fourth-order valence-electron chi connectivity index (χ4n) is 2.65. The van der Waals surface area contributed by atoms with Gasteiger partial charge in [-0.2, -0.15) is 0 Å². The Morgan fingerprint density at radius 2 is 1.81 bits per heavy atom. The van der Waals surface area contributed by atoms with Crippen molar-refractivity contribution in [3.63, 3.8) is 0 Å². The number of pyridine rings is 1. The van der Waals surface area contributed by atoms with Crippen LogP contribution >= 0.6 is 0 Å². The first-order valence-corrected chi connectivity index (χ1v) is 8.59. The van der Waals surface area contributed by atoms with Gasteiger partial charge < -0.3 is 10.1 Å². The lowest BCUT2D eigenvalue weighted by Gasteiger charge is -2.10. The molecule has 1 aromatic heterocycles. The highest BCUT2D eigenvalue weighted by molar-refractivity contribution is 5.95. The third-order valence-corrected chi connectivity index (χ3v) is 4.33. The summed E-state index contributed by atoms with van der Waals surface area (Å²) in [6.45, 7) is 4.86. The molecule has 2 aromatic carbocycles. The summed E-state index contributed by atoms with van der Waals surface area (Å²) >= 11 is 0. The lowest BCUT2D eigenvalue weighted by molar-refractivity contribution is 0.0950. The van der Waals surface area contributed by atoms with Gasteiger partial charge in [0.05, 0.1) is 0 Å². The predicted octanol–water partition coefficient (Wildman–Crippen LogP) is 4.21. The minimum absolute atomic E-state index is 0.0743. The monoisotopic (exact) mass is 346 g/mol. The van der Waals surface area contributed by atoms with E-state index >= 15 is 0 Å². The van der Waals surface area contributed by atoms with E-state index in [0.29, 0.717) is 24.6 Å². The summed E-state index contributed by atoms with van der Waals surface area (Å²) in [5.41, 5.74) is 4.86. The van der Waals surface area contributed by atoms with E-state index in [2.05, 4.69) is 10.3 Å². The minimum atomic E-state index is -0.0743. The maximum atomic E-state index is 12.4. The van der Waals surface area contributed by atoms with E-state index in [4.69, 9.17) is 4.74 Å². The Morgan fingerprint density at radius 3 is 2.62 bits per heavy atom. The number of benzene rings is 2. The highest BCUT2D eigenvalue weighted by Crippen LogP contribution is 2.14. The van der Waals surface area contributed by atoms with Gasteiger partial charge in [0.25, 0.3) is 5.91 Å². The molecule has 0 bridgehead atoms. The van der Waals surface area contributed by atoms with Crippen molar-refractivity contribution < 1.29 is 9.53 Å². The summed E-state index contributed by atoms with van der Waals surface area (Å²) in [5, 5.41) is 2.96. The number of hydrogen-bond donors (Lipinski definition) is 1. The molecule has 1 N–H and O–H groups in total. The van der Waals surface area contributed by atoms with Gasteiger partial charge in [-0.25, -0.2) is 4.98 Å². The molecule has 132 valence electrons. The largest absolute Gasteiger partial charge is 0.473 e. The van der Waals surface area contributed by atoms with Crippen molar-refractivity contribution in [2.45, 2.75) is 27.0 Å². The van der Waals surface area contributed by atoms with Crippen molar-refractivity contribution >= 4 is 5.91 Å². The summed E-state index contributed by atoms with van der Waals surface area (Å²) in [4.78, 5) is 16.7. The normalized spacial score (nSPS) is 10.4. The van der Waals surface area contributed by atoms with Gasteiger partial charge in [-0.15, -0.1) is 0 Å². The Kier molecular flexibility index (Phi) is 5.64. The van der Waals surface area contributed by atoms with Crippen LogP contribution in [-0.2, 0) is 13.2 Å². The molecule has 0 saturated heterocycles. The summed E-state index contributed by atoms with van der Waals surface area (Å²) in [6.07, 6.45) is 1.69. The van der Waals surface area contributed by atoms with Gasteiger partial charge in [0, 0.05) is 24.4 Å². The van der Waals surface area contributed by atoms with E-state index in [-0.39, 0.29) is 5.91 Å². The molecule has 0 fully saturated rings. The molecule has 0 aliphatic rings. The van der Waals surface area contributed by atoms with Gasteiger partial charge in [-0.1, -0.05) is 42.5 Å². The van der Waals surface area contributed by atoms with Gasteiger partial charge in [0.15, 0.2) is 0 Å². The van der Waals surface area contributed by atoms with Crippen LogP contribution in [0.3, 0.4) is 0 Å². The second kappa shape index (κ2) is 8.30. The number of aromatic nitrogens is 1. The van der Waals surface area contributed by atoms with Crippen molar-refractivity contribution in [2.75, 3.05) is 0 Å². The average molecular weight is 346 g/mol. The fraction of sp³-hybridized carbons (Fsp3) is 0.182. The Hall–Kier alpha value is -3.14. The lowest BCUT2D eigenvalue weighted by atomic mass is 10.0. The molecular formula is C22H22N2O2. The number of nitrogens with zero attached hydrogens (tertiary/aromatic N) is 1. The number of aryl methyl sites for hydroxylation is 1. The minimum Gasteiger partial charge on any atom is -0.473 e. The van der Waals surface area contributed by atoms with Crippen molar-refractivity contribution in [1.29, 1.82) is 0 Å². The molecule has 3 aromatic rings. The molecule has 0 unspecified atom stereocenters. The number of nitrogens with one attached hydrogen (secondary N) is 1. The van der Waals surface area contributed by atoms with E-state index in [9.17, 15) is 4.79 Å². The molecule has 0 aliphatic carbocycles. The molecular weight excluding hydrogens is 324 g/mol. The van der Waals surface area contributed by atoms with Gasteiger partial charge in [-0.05, 0) is 48.2 Å². The second-order valence-corrected chi connectivity index (χ2v) is 6.21. The molecule has 4 heteroatoms. The van der Waals surface area contributed by atoms with E-state index in [0.717, 1.165) is 22.3 Å². The molecule has 0 saturated carbocycles. The highest BCUT2D eigenvalue weighted by Gasteiger charge is 2.10. The zero-order valence-corrected chi connectivity index (χ0v) is 15.0. The average Bonchev–Trinajstić information content (AvgIpc) is 2.68. The van der Waals surface area contributed by atoms with Crippen LogP contribution in [0.2, 0.25) is 0 Å². The summed E-state index contributed by atoms with van der Waals surface area (Å²) < 4.78 is 5.74. The Bertz CT molecular complexity index is 892. The summed E-state index contributed by atoms with van der Waals surface area (Å²) in [7, 11) is 0. The van der Waals surface area contributed by atoms with Crippen molar-refractivity contribution in [2.24, 2.45) is 0 Å². The molecule has 26 heavy (non-hydrogen) atoms. The molecule has 4 nitrogen and oxygen atoms in total. The number of ether oxygens (including phenoxy) is 1. The highest BCUT2D eigenvalue weighted by atomic mass is 16.5. The number of carbonyl (C=O) groups is 1. The van der Waals surface area contributed by atoms with Gasteiger partial charge in [0.2, 0.25) is 5.88 Å². The van der Waals surface area contributed by atoms with Crippen LogP contribution in [0, 0.1) is 13.8 Å². The van der Waals surface area contributed by atoms with Crippen LogP contribution in [0.4, 0.5) is 0 Å². The van der Waals surface area contributed by atoms with E-state index in [1.807, 2.05) is 74.5 Å². The zero-order chi connectivity index (χ0) is 18.4. The number of carbonyl (C=O) groups excluding carboxylic acids is 1. The summed E-state index contributed by atoms with van der Waals surface area (Å²) in [6, 6.07) is 19.4. The van der Waals surface area contributed by atoms with Crippen LogP contribution in [0.15, 0.2) is 66.9 Å². The van der Waals surface area contributed by atoms with Crippen LogP contribution in [0.25, 0.3) is 0 Å². The van der Waals surface area contributed by atoms with Gasteiger partial charge in [0.1, 0.15) is 6.61 Å². The van der Waals surface area contributed by atoms with Crippen LogP contribution < -0.4 is 10.1 Å². The Labute approximate surface area is 153 Å². The first-order chi connectivity index (χ1) is 12.6. The molecule has 0 radical (unpaired) electrons. The second-order valence-electron chi connectivity index (χ2n) is 6.21. The topological polar surface area (TPSA) is 51.2 Å². The van der Waals surface area contributed by atoms with Crippen LogP contribution in [0.5, 0.6) is 5.88 Å². The summed E-state index contributed by atoms with van der Waals surface area (Å²) in [5.74, 6) is 0.474. The van der Waals surface area contributed by atoms with Crippen molar-refractivity contribution in [1.82, 2.24) is 10.3 Å². The predicted molar refractivity (Wildman–Crippen MR) is 102 cm³/mol. The quantitative estimate of drug-likeness (QED) is 0.727. The maximum absolute atomic E-state index is 12.4. The number of hydrogen-bond acceptors (Lipinski definition) is 3. The molecule has 3 rings (SSSR count). The van der Waals surface area contributed by atoms with E-state index in [1.54, 1.807) is 6.20 Å². The SMILES string of the molecule is Cc1cccc(C(=O)NCc2ccnc(OCc3ccccc3)c2)c1C.